The summed E-state index contributed by atoms with van der Waals surface area (Å²) in [6.45, 7) is 5.36. The minimum absolute atomic E-state index is 0.312. The quantitative estimate of drug-likeness (QED) is 0.479. The molecule has 1 amide bonds. The van der Waals surface area contributed by atoms with Crippen molar-refractivity contribution in [2.75, 3.05) is 13.1 Å². The molecule has 0 radical (unpaired) electrons. The normalized spacial score (nSPS) is 21.4. The van der Waals surface area contributed by atoms with Crippen LogP contribution in [0.2, 0.25) is 0 Å². The molecule has 6 heteroatoms. The number of nitrogens with zero attached hydrogens (tertiary/aromatic N) is 2. The maximum absolute atomic E-state index is 11.3. The Morgan fingerprint density at radius 2 is 2.59 bits per heavy atom. The predicted octanol–water partition coefficient (Wildman–Crippen LogP) is 0.979. The van der Waals surface area contributed by atoms with Gasteiger partial charge in [0.1, 0.15) is 0 Å². The summed E-state index contributed by atoms with van der Waals surface area (Å²) in [6.07, 6.45) is 2.57. The van der Waals surface area contributed by atoms with Gasteiger partial charge in [0.2, 0.25) is 0 Å². The van der Waals surface area contributed by atoms with E-state index in [2.05, 4.69) is 22.2 Å². The van der Waals surface area contributed by atoms with E-state index in [0.29, 0.717) is 5.01 Å². The summed E-state index contributed by atoms with van der Waals surface area (Å²) < 4.78 is 0. The summed E-state index contributed by atoms with van der Waals surface area (Å²) in [4.78, 5) is 18.0. The minimum atomic E-state index is -0.312. The molecule has 3 N–H and O–H groups in total. The monoisotopic (exact) mass is 254 g/mol. The van der Waals surface area contributed by atoms with Crippen LogP contribution in [0.25, 0.3) is 0 Å². The van der Waals surface area contributed by atoms with Gasteiger partial charge in [0.15, 0.2) is 5.01 Å². The molecule has 1 aromatic rings. The van der Waals surface area contributed by atoms with Crippen LogP contribution in [-0.4, -0.2) is 28.9 Å². The second-order valence-electron chi connectivity index (χ2n) is 4.60. The van der Waals surface area contributed by atoms with Crippen LogP contribution in [0.15, 0.2) is 5.38 Å². The Kier molecular flexibility index (Phi) is 4.09. The average Bonchev–Trinajstić information content (AvgIpc) is 2.76. The third kappa shape index (κ3) is 3.24. The third-order valence-corrected chi connectivity index (χ3v) is 3.89. The van der Waals surface area contributed by atoms with Crippen LogP contribution in [0.4, 0.5) is 0 Å². The van der Waals surface area contributed by atoms with Gasteiger partial charge in [0.25, 0.3) is 5.91 Å². The van der Waals surface area contributed by atoms with Crippen LogP contribution in [0.5, 0.6) is 0 Å². The Hall–Kier alpha value is -0.980. The van der Waals surface area contributed by atoms with E-state index in [0.717, 1.165) is 31.2 Å². The molecule has 0 bridgehead atoms. The van der Waals surface area contributed by atoms with Crippen LogP contribution in [0.3, 0.4) is 0 Å². The molecule has 0 aromatic carbocycles. The first-order valence-corrected chi connectivity index (χ1v) is 6.74. The fourth-order valence-corrected chi connectivity index (χ4v) is 2.92. The smallest absolute Gasteiger partial charge is 0.294 e. The summed E-state index contributed by atoms with van der Waals surface area (Å²) in [5.74, 6) is 5.52. The summed E-state index contributed by atoms with van der Waals surface area (Å²) in [6, 6.07) is 0. The molecule has 1 aliphatic rings. The second kappa shape index (κ2) is 5.57. The highest BCUT2D eigenvalue weighted by Crippen LogP contribution is 2.18. The summed E-state index contributed by atoms with van der Waals surface area (Å²) >= 11 is 1.34. The van der Waals surface area contributed by atoms with E-state index in [1.54, 1.807) is 0 Å². The van der Waals surface area contributed by atoms with E-state index < -0.39 is 0 Å². The zero-order valence-electron chi connectivity index (χ0n) is 9.98. The number of carbonyl (C=O) groups excluding carboxylic acids is 1. The Morgan fingerprint density at radius 1 is 1.76 bits per heavy atom. The minimum Gasteiger partial charge on any atom is -0.297 e. The number of amides is 1. The summed E-state index contributed by atoms with van der Waals surface area (Å²) in [5.41, 5.74) is 3.06. The van der Waals surface area contributed by atoms with Gasteiger partial charge in [-0.3, -0.25) is 15.1 Å². The number of carbonyl (C=O) groups is 1. The predicted molar refractivity (Wildman–Crippen MR) is 67.4 cm³/mol. The molecule has 0 saturated carbocycles. The van der Waals surface area contributed by atoms with Crippen LogP contribution < -0.4 is 11.3 Å². The Balaban J connectivity index is 1.94. The van der Waals surface area contributed by atoms with Crippen molar-refractivity contribution in [2.45, 2.75) is 26.3 Å². The lowest BCUT2D eigenvalue weighted by molar-refractivity contribution is 0.0952. The molecule has 1 fully saturated rings. The van der Waals surface area contributed by atoms with E-state index in [1.807, 2.05) is 5.38 Å². The number of nitrogens with two attached hydrogens (primary N) is 1. The van der Waals surface area contributed by atoms with Gasteiger partial charge in [-0.25, -0.2) is 10.8 Å². The van der Waals surface area contributed by atoms with Gasteiger partial charge < -0.3 is 0 Å². The molecular formula is C11H18N4OS. The van der Waals surface area contributed by atoms with E-state index in [4.69, 9.17) is 5.84 Å². The lowest BCUT2D eigenvalue weighted by Crippen LogP contribution is -2.34. The third-order valence-electron chi connectivity index (χ3n) is 3.00. The number of hydrogen-bond donors (Lipinski definition) is 2. The molecule has 1 aliphatic heterocycles. The van der Waals surface area contributed by atoms with Crippen molar-refractivity contribution >= 4 is 17.2 Å². The molecular weight excluding hydrogens is 236 g/mol. The van der Waals surface area contributed by atoms with E-state index in [1.165, 1.54) is 24.2 Å². The largest absolute Gasteiger partial charge is 0.297 e. The number of rotatable bonds is 3. The van der Waals surface area contributed by atoms with E-state index in [-0.39, 0.29) is 5.91 Å². The highest BCUT2D eigenvalue weighted by atomic mass is 32.1. The molecule has 0 aliphatic carbocycles. The molecule has 17 heavy (non-hydrogen) atoms. The molecule has 2 rings (SSSR count). The van der Waals surface area contributed by atoms with Crippen molar-refractivity contribution in [2.24, 2.45) is 11.8 Å². The zero-order valence-corrected chi connectivity index (χ0v) is 10.8. The number of nitrogen functional groups attached to an aromatic ring is 1. The van der Waals surface area contributed by atoms with Crippen molar-refractivity contribution in [3.63, 3.8) is 0 Å². The maximum atomic E-state index is 11.3. The topological polar surface area (TPSA) is 71.2 Å². The molecule has 1 unspecified atom stereocenters. The van der Waals surface area contributed by atoms with Crippen LogP contribution in [-0.2, 0) is 6.54 Å². The van der Waals surface area contributed by atoms with Gasteiger partial charge in [0.05, 0.1) is 5.69 Å². The first-order valence-electron chi connectivity index (χ1n) is 5.86. The average molecular weight is 254 g/mol. The first kappa shape index (κ1) is 12.5. The van der Waals surface area contributed by atoms with E-state index in [9.17, 15) is 4.79 Å². The van der Waals surface area contributed by atoms with Crippen molar-refractivity contribution in [1.29, 1.82) is 0 Å². The lowest BCUT2D eigenvalue weighted by Gasteiger charge is -2.30. The number of hydrazine groups is 1. The van der Waals surface area contributed by atoms with Crippen LogP contribution >= 0.6 is 11.3 Å². The Bertz CT molecular complexity index is 393. The molecule has 1 saturated heterocycles. The molecule has 5 nitrogen and oxygen atoms in total. The SMILES string of the molecule is CC1CCCN(Cc2csc(C(=O)NN)n2)C1. The Labute approximate surface area is 105 Å². The number of aromatic nitrogens is 1. The van der Waals surface area contributed by atoms with Gasteiger partial charge in [-0.05, 0) is 25.3 Å². The number of likely N-dealkylation sites (tertiary alicyclic amines) is 1. The van der Waals surface area contributed by atoms with Crippen molar-refractivity contribution in [3.05, 3.63) is 16.1 Å². The van der Waals surface area contributed by atoms with Crippen molar-refractivity contribution in [3.8, 4) is 0 Å². The van der Waals surface area contributed by atoms with Gasteiger partial charge in [-0.2, -0.15) is 0 Å². The zero-order chi connectivity index (χ0) is 12.3. The molecule has 0 spiro atoms. The molecule has 94 valence electrons. The fraction of sp³-hybridized carbons (Fsp3) is 0.636. The summed E-state index contributed by atoms with van der Waals surface area (Å²) in [7, 11) is 0. The lowest BCUT2D eigenvalue weighted by atomic mass is 10.0. The number of nitrogens with one attached hydrogen (secondary N) is 1. The van der Waals surface area contributed by atoms with Gasteiger partial charge in [-0.1, -0.05) is 6.92 Å². The summed E-state index contributed by atoms with van der Waals surface area (Å²) in [5, 5.41) is 2.37. The van der Waals surface area contributed by atoms with Crippen molar-refractivity contribution < 1.29 is 4.79 Å². The van der Waals surface area contributed by atoms with E-state index >= 15 is 0 Å². The molecule has 1 atom stereocenters. The second-order valence-corrected chi connectivity index (χ2v) is 5.46. The Morgan fingerprint density at radius 3 is 3.29 bits per heavy atom. The molecule has 1 aromatic heterocycles. The number of hydrogen-bond acceptors (Lipinski definition) is 5. The molecule has 2 heterocycles. The van der Waals surface area contributed by atoms with Gasteiger partial charge >= 0.3 is 0 Å². The fourth-order valence-electron chi connectivity index (χ4n) is 2.21. The highest BCUT2D eigenvalue weighted by molar-refractivity contribution is 7.11. The van der Waals surface area contributed by atoms with Gasteiger partial charge in [-0.15, -0.1) is 11.3 Å². The van der Waals surface area contributed by atoms with Crippen LogP contribution in [0, 0.1) is 5.92 Å². The number of thiazole rings is 1. The van der Waals surface area contributed by atoms with Crippen molar-refractivity contribution in [1.82, 2.24) is 15.3 Å². The van der Waals surface area contributed by atoms with Gasteiger partial charge in [0, 0.05) is 18.5 Å². The number of piperidine rings is 1. The van der Waals surface area contributed by atoms with Crippen LogP contribution in [0.1, 0.15) is 35.3 Å². The first-order chi connectivity index (χ1) is 8.19. The maximum Gasteiger partial charge on any atom is 0.294 e. The standard InChI is InChI=1S/C11H18N4OS/c1-8-3-2-4-15(5-8)6-9-7-17-11(13-9)10(16)14-12/h7-8H,2-6,12H2,1H3,(H,14,16). The highest BCUT2D eigenvalue weighted by Gasteiger charge is 2.18.